The first kappa shape index (κ1) is 12.0. The Morgan fingerprint density at radius 1 is 1.26 bits per heavy atom. The number of Topliss-reactive ketones (excluding diaryl/α,β-unsaturated/α-hetero) is 1. The van der Waals surface area contributed by atoms with E-state index in [2.05, 4.69) is 16.0 Å². The standard InChI is InChI=1S/C16H16N2O/c19-15(10-12-4-2-8-17-11-12)14-7-1-5-13-6-3-9-18-16(13)14/h2-4,6,8-9,11,14H,1,5,7,10H2. The maximum absolute atomic E-state index is 12.5. The number of carbonyl (C=O) groups excluding carboxylic acids is 1. The summed E-state index contributed by atoms with van der Waals surface area (Å²) in [4.78, 5) is 20.9. The average Bonchev–Trinajstić information content (AvgIpc) is 2.47. The van der Waals surface area contributed by atoms with Crippen LogP contribution in [0.15, 0.2) is 42.9 Å². The van der Waals surface area contributed by atoms with E-state index >= 15 is 0 Å². The molecular weight excluding hydrogens is 236 g/mol. The van der Waals surface area contributed by atoms with Gasteiger partial charge in [0, 0.05) is 25.0 Å². The third-order valence-electron chi connectivity index (χ3n) is 3.68. The van der Waals surface area contributed by atoms with Gasteiger partial charge in [-0.25, -0.2) is 0 Å². The Kier molecular flexibility index (Phi) is 3.36. The highest BCUT2D eigenvalue weighted by molar-refractivity contribution is 5.87. The summed E-state index contributed by atoms with van der Waals surface area (Å²) in [7, 11) is 0. The fourth-order valence-corrected chi connectivity index (χ4v) is 2.75. The Labute approximate surface area is 112 Å². The van der Waals surface area contributed by atoms with Crippen LogP contribution in [0.1, 0.15) is 35.6 Å². The van der Waals surface area contributed by atoms with Gasteiger partial charge in [0.15, 0.2) is 0 Å². The molecule has 0 aliphatic heterocycles. The molecule has 0 N–H and O–H groups in total. The first-order valence-electron chi connectivity index (χ1n) is 6.70. The molecule has 3 rings (SSSR count). The van der Waals surface area contributed by atoms with Gasteiger partial charge in [0.1, 0.15) is 5.78 Å². The Hall–Kier alpha value is -2.03. The molecule has 2 aromatic rings. The maximum Gasteiger partial charge on any atom is 0.146 e. The van der Waals surface area contributed by atoms with Gasteiger partial charge < -0.3 is 0 Å². The fourth-order valence-electron chi connectivity index (χ4n) is 2.75. The fraction of sp³-hybridized carbons (Fsp3) is 0.312. The van der Waals surface area contributed by atoms with E-state index in [9.17, 15) is 4.79 Å². The van der Waals surface area contributed by atoms with Crippen LogP contribution in [-0.4, -0.2) is 15.8 Å². The molecule has 1 unspecified atom stereocenters. The smallest absolute Gasteiger partial charge is 0.146 e. The normalized spacial score (nSPS) is 17.8. The van der Waals surface area contributed by atoms with Crippen LogP contribution in [0, 0.1) is 0 Å². The number of aromatic nitrogens is 2. The van der Waals surface area contributed by atoms with E-state index in [1.165, 1.54) is 5.56 Å². The van der Waals surface area contributed by atoms with Crippen molar-refractivity contribution in [3.63, 3.8) is 0 Å². The van der Waals surface area contributed by atoms with Crippen molar-refractivity contribution in [3.05, 3.63) is 59.7 Å². The molecular formula is C16H16N2O. The Morgan fingerprint density at radius 2 is 2.16 bits per heavy atom. The van der Waals surface area contributed by atoms with Crippen molar-refractivity contribution in [1.29, 1.82) is 0 Å². The summed E-state index contributed by atoms with van der Waals surface area (Å²) in [6.07, 6.45) is 8.76. The van der Waals surface area contributed by atoms with Crippen molar-refractivity contribution >= 4 is 5.78 Å². The Bertz CT molecular complexity index is 580. The number of carbonyl (C=O) groups is 1. The van der Waals surface area contributed by atoms with Gasteiger partial charge in [-0.2, -0.15) is 0 Å². The van der Waals surface area contributed by atoms with E-state index in [1.807, 2.05) is 18.2 Å². The zero-order valence-corrected chi connectivity index (χ0v) is 10.7. The highest BCUT2D eigenvalue weighted by Gasteiger charge is 2.27. The molecule has 0 fully saturated rings. The highest BCUT2D eigenvalue weighted by Crippen LogP contribution is 2.31. The van der Waals surface area contributed by atoms with Gasteiger partial charge in [0.25, 0.3) is 0 Å². The van der Waals surface area contributed by atoms with Crippen molar-refractivity contribution in [2.45, 2.75) is 31.6 Å². The second kappa shape index (κ2) is 5.31. The summed E-state index contributed by atoms with van der Waals surface area (Å²) in [5.41, 5.74) is 3.21. The average molecular weight is 252 g/mol. The molecule has 1 aliphatic rings. The summed E-state index contributed by atoms with van der Waals surface area (Å²) in [5, 5.41) is 0. The second-order valence-electron chi connectivity index (χ2n) is 5.00. The first-order valence-corrected chi connectivity index (χ1v) is 6.70. The van der Waals surface area contributed by atoms with Gasteiger partial charge in [0.05, 0.1) is 11.6 Å². The van der Waals surface area contributed by atoms with E-state index in [-0.39, 0.29) is 11.7 Å². The van der Waals surface area contributed by atoms with Gasteiger partial charge in [-0.3, -0.25) is 14.8 Å². The molecule has 2 aromatic heterocycles. The lowest BCUT2D eigenvalue weighted by Gasteiger charge is -2.23. The number of pyridine rings is 2. The number of hydrogen-bond donors (Lipinski definition) is 0. The van der Waals surface area contributed by atoms with E-state index in [4.69, 9.17) is 0 Å². The summed E-state index contributed by atoms with van der Waals surface area (Å²) in [6.45, 7) is 0. The van der Waals surface area contributed by atoms with Crippen LogP contribution in [-0.2, 0) is 17.6 Å². The van der Waals surface area contributed by atoms with Crippen LogP contribution in [0.25, 0.3) is 0 Å². The monoisotopic (exact) mass is 252 g/mol. The number of rotatable bonds is 3. The highest BCUT2D eigenvalue weighted by atomic mass is 16.1. The number of ketones is 1. The molecule has 96 valence electrons. The maximum atomic E-state index is 12.5. The van der Waals surface area contributed by atoms with Crippen LogP contribution in [0.2, 0.25) is 0 Å². The SMILES string of the molecule is O=C(Cc1cccnc1)C1CCCc2cccnc21. The van der Waals surface area contributed by atoms with Crippen molar-refractivity contribution in [2.75, 3.05) is 0 Å². The topological polar surface area (TPSA) is 42.9 Å². The molecule has 0 radical (unpaired) electrons. The minimum absolute atomic E-state index is 0.0369. The molecule has 0 bridgehead atoms. The first-order chi connectivity index (χ1) is 9.34. The molecule has 0 amide bonds. The lowest BCUT2D eigenvalue weighted by molar-refractivity contribution is -0.120. The molecule has 19 heavy (non-hydrogen) atoms. The quantitative estimate of drug-likeness (QED) is 0.843. The zero-order chi connectivity index (χ0) is 13.1. The molecule has 0 spiro atoms. The largest absolute Gasteiger partial charge is 0.299 e. The van der Waals surface area contributed by atoms with E-state index in [0.29, 0.717) is 6.42 Å². The van der Waals surface area contributed by atoms with Crippen LogP contribution in [0.4, 0.5) is 0 Å². The van der Waals surface area contributed by atoms with Gasteiger partial charge in [-0.1, -0.05) is 12.1 Å². The lowest BCUT2D eigenvalue weighted by atomic mass is 9.82. The van der Waals surface area contributed by atoms with Crippen molar-refractivity contribution in [1.82, 2.24) is 9.97 Å². The Balaban J connectivity index is 1.82. The van der Waals surface area contributed by atoms with Crippen molar-refractivity contribution in [3.8, 4) is 0 Å². The number of hydrogen-bond acceptors (Lipinski definition) is 3. The number of nitrogens with zero attached hydrogens (tertiary/aromatic N) is 2. The predicted molar refractivity (Wildman–Crippen MR) is 72.9 cm³/mol. The van der Waals surface area contributed by atoms with Crippen molar-refractivity contribution < 1.29 is 4.79 Å². The summed E-state index contributed by atoms with van der Waals surface area (Å²) in [5.74, 6) is 0.220. The summed E-state index contributed by atoms with van der Waals surface area (Å²) in [6, 6.07) is 7.86. The molecule has 1 aliphatic carbocycles. The minimum atomic E-state index is -0.0369. The molecule has 2 heterocycles. The predicted octanol–water partition coefficient (Wildman–Crippen LogP) is 2.71. The molecule has 0 saturated heterocycles. The molecule has 1 atom stereocenters. The van der Waals surface area contributed by atoms with Crippen LogP contribution < -0.4 is 0 Å². The van der Waals surface area contributed by atoms with E-state index < -0.39 is 0 Å². The van der Waals surface area contributed by atoms with E-state index in [1.54, 1.807) is 18.6 Å². The van der Waals surface area contributed by atoms with Gasteiger partial charge >= 0.3 is 0 Å². The van der Waals surface area contributed by atoms with Gasteiger partial charge in [0.2, 0.25) is 0 Å². The molecule has 3 heteroatoms. The number of aryl methyl sites for hydroxylation is 1. The third kappa shape index (κ3) is 2.55. The van der Waals surface area contributed by atoms with Gasteiger partial charge in [-0.05, 0) is 42.5 Å². The van der Waals surface area contributed by atoms with Crippen LogP contribution in [0.5, 0.6) is 0 Å². The minimum Gasteiger partial charge on any atom is -0.299 e. The summed E-state index contributed by atoms with van der Waals surface area (Å²) < 4.78 is 0. The third-order valence-corrected chi connectivity index (χ3v) is 3.68. The second-order valence-corrected chi connectivity index (χ2v) is 5.00. The van der Waals surface area contributed by atoms with Crippen LogP contribution >= 0.6 is 0 Å². The summed E-state index contributed by atoms with van der Waals surface area (Å²) >= 11 is 0. The van der Waals surface area contributed by atoms with E-state index in [0.717, 1.165) is 30.5 Å². The lowest BCUT2D eigenvalue weighted by Crippen LogP contribution is -2.21. The zero-order valence-electron chi connectivity index (χ0n) is 10.7. The molecule has 0 saturated carbocycles. The van der Waals surface area contributed by atoms with Gasteiger partial charge in [-0.15, -0.1) is 0 Å². The van der Waals surface area contributed by atoms with Crippen molar-refractivity contribution in [2.24, 2.45) is 0 Å². The molecule has 3 nitrogen and oxygen atoms in total. The number of fused-ring (bicyclic) bond motifs is 1. The Morgan fingerprint density at radius 3 is 3.00 bits per heavy atom. The van der Waals surface area contributed by atoms with Crippen LogP contribution in [0.3, 0.4) is 0 Å². The molecule has 0 aromatic carbocycles.